The van der Waals surface area contributed by atoms with Gasteiger partial charge in [-0.3, -0.25) is 9.59 Å². The molecular weight excluding hydrogens is 370 g/mol. The van der Waals surface area contributed by atoms with Crippen molar-refractivity contribution in [2.45, 2.75) is 32.2 Å². The first-order chi connectivity index (χ1) is 13.4. The second kappa shape index (κ2) is 8.88. The predicted octanol–water partition coefficient (Wildman–Crippen LogP) is 3.64. The van der Waals surface area contributed by atoms with Crippen molar-refractivity contribution in [2.75, 3.05) is 32.1 Å². The topological polar surface area (TPSA) is 52.7 Å². The molecule has 2 unspecified atom stereocenters. The van der Waals surface area contributed by atoms with Gasteiger partial charge >= 0.3 is 0 Å². The maximum Gasteiger partial charge on any atom is 0.227 e. The van der Waals surface area contributed by atoms with Crippen molar-refractivity contribution in [3.05, 3.63) is 52.2 Å². The van der Waals surface area contributed by atoms with Gasteiger partial charge < -0.3 is 15.1 Å². The zero-order valence-corrected chi connectivity index (χ0v) is 17.8. The molecule has 0 saturated carbocycles. The van der Waals surface area contributed by atoms with Crippen LogP contribution in [-0.4, -0.2) is 43.9 Å². The van der Waals surface area contributed by atoms with E-state index in [0.717, 1.165) is 5.69 Å². The summed E-state index contributed by atoms with van der Waals surface area (Å²) >= 11 is 1.69. The van der Waals surface area contributed by atoms with Crippen molar-refractivity contribution in [2.24, 2.45) is 5.92 Å². The third-order valence-electron chi connectivity index (χ3n) is 5.31. The molecule has 6 heteroatoms. The van der Waals surface area contributed by atoms with Crippen LogP contribution in [0.5, 0.6) is 0 Å². The van der Waals surface area contributed by atoms with Gasteiger partial charge in [-0.25, -0.2) is 0 Å². The first-order valence-electron chi connectivity index (χ1n) is 9.74. The molecular formula is C22H29N3O2S. The van der Waals surface area contributed by atoms with Crippen molar-refractivity contribution in [3.8, 4) is 0 Å². The summed E-state index contributed by atoms with van der Waals surface area (Å²) in [7, 11) is 4.03. The van der Waals surface area contributed by atoms with Gasteiger partial charge in [0.25, 0.3) is 0 Å². The number of hydrogen-bond donors (Lipinski definition) is 1. The normalized spacial score (nSPS) is 18.1. The quantitative estimate of drug-likeness (QED) is 0.773. The number of nitrogens with zero attached hydrogens (tertiary/aromatic N) is 2. The van der Waals surface area contributed by atoms with E-state index in [1.54, 1.807) is 16.2 Å². The molecule has 28 heavy (non-hydrogen) atoms. The summed E-state index contributed by atoms with van der Waals surface area (Å²) < 4.78 is 0. The minimum absolute atomic E-state index is 0.0171. The van der Waals surface area contributed by atoms with E-state index in [2.05, 4.69) is 42.3 Å². The number of thiophene rings is 1. The summed E-state index contributed by atoms with van der Waals surface area (Å²) in [5.74, 6) is 0.0704. The first-order valence-corrected chi connectivity index (χ1v) is 10.6. The van der Waals surface area contributed by atoms with Gasteiger partial charge in [0.2, 0.25) is 11.8 Å². The fourth-order valence-corrected chi connectivity index (χ4v) is 4.47. The number of nitrogens with one attached hydrogen (secondary N) is 1. The highest BCUT2D eigenvalue weighted by Crippen LogP contribution is 2.28. The maximum absolute atomic E-state index is 12.7. The van der Waals surface area contributed by atoms with Crippen LogP contribution in [-0.2, 0) is 9.59 Å². The first kappa shape index (κ1) is 20.6. The van der Waals surface area contributed by atoms with Gasteiger partial charge in [0.05, 0.1) is 12.0 Å². The fourth-order valence-electron chi connectivity index (χ4n) is 3.54. The molecule has 0 spiro atoms. The van der Waals surface area contributed by atoms with Gasteiger partial charge in [0, 0.05) is 30.1 Å². The second-order valence-electron chi connectivity index (χ2n) is 7.90. The van der Waals surface area contributed by atoms with Gasteiger partial charge in [-0.05, 0) is 49.2 Å². The summed E-state index contributed by atoms with van der Waals surface area (Å²) in [6.45, 7) is 5.25. The average molecular weight is 400 g/mol. The standard InChI is InChI=1S/C22H29N3O2S/c1-15(2)16-7-5-8-18(11-16)25-14-17(12-21(25)26)22(27)23-13-19(24(3)4)20-9-6-10-28-20/h5-11,15,17,19H,12-14H2,1-4H3,(H,23,27). The zero-order valence-electron chi connectivity index (χ0n) is 17.0. The van der Waals surface area contributed by atoms with Crippen molar-refractivity contribution in [1.82, 2.24) is 10.2 Å². The summed E-state index contributed by atoms with van der Waals surface area (Å²) in [4.78, 5) is 30.4. The van der Waals surface area contributed by atoms with Crippen LogP contribution in [0.3, 0.4) is 0 Å². The molecule has 1 N–H and O–H groups in total. The fraction of sp³-hybridized carbons (Fsp3) is 0.455. The predicted molar refractivity (Wildman–Crippen MR) is 115 cm³/mol. The molecule has 1 aliphatic heterocycles. The molecule has 1 aromatic carbocycles. The number of carbonyl (C=O) groups excluding carboxylic acids is 2. The van der Waals surface area contributed by atoms with E-state index in [4.69, 9.17) is 0 Å². The van der Waals surface area contributed by atoms with Crippen LogP contribution in [0, 0.1) is 5.92 Å². The molecule has 1 fully saturated rings. The molecule has 0 aliphatic carbocycles. The van der Waals surface area contributed by atoms with Gasteiger partial charge in [-0.2, -0.15) is 0 Å². The van der Waals surface area contributed by atoms with E-state index < -0.39 is 0 Å². The molecule has 2 amide bonds. The lowest BCUT2D eigenvalue weighted by Gasteiger charge is -2.24. The van der Waals surface area contributed by atoms with E-state index in [-0.39, 0.29) is 30.2 Å². The van der Waals surface area contributed by atoms with Gasteiger partial charge in [0.1, 0.15) is 0 Å². The van der Waals surface area contributed by atoms with E-state index in [0.29, 0.717) is 19.0 Å². The Bertz CT molecular complexity index is 817. The number of anilines is 1. The SMILES string of the molecule is CC(C)c1cccc(N2CC(C(=O)NCC(c3cccs3)N(C)C)CC2=O)c1. The van der Waals surface area contributed by atoms with Crippen LogP contribution in [0.2, 0.25) is 0 Å². The Labute approximate surface area is 171 Å². The van der Waals surface area contributed by atoms with Gasteiger partial charge in [-0.15, -0.1) is 11.3 Å². The van der Waals surface area contributed by atoms with Gasteiger partial charge in [-0.1, -0.05) is 32.0 Å². The Hall–Kier alpha value is -2.18. The van der Waals surface area contributed by atoms with Crippen LogP contribution in [0.25, 0.3) is 0 Å². The van der Waals surface area contributed by atoms with Crippen molar-refractivity contribution >= 4 is 28.8 Å². The summed E-state index contributed by atoms with van der Waals surface area (Å²) in [6.07, 6.45) is 0.267. The monoisotopic (exact) mass is 399 g/mol. The molecule has 2 heterocycles. The molecule has 3 rings (SSSR count). The highest BCUT2D eigenvalue weighted by molar-refractivity contribution is 7.10. The molecule has 150 valence electrons. The van der Waals surface area contributed by atoms with Crippen LogP contribution in [0.15, 0.2) is 41.8 Å². The van der Waals surface area contributed by atoms with Crippen LogP contribution >= 0.6 is 11.3 Å². The molecule has 1 aliphatic rings. The number of amides is 2. The Balaban J connectivity index is 1.63. The summed E-state index contributed by atoms with van der Waals surface area (Å²) in [5, 5.41) is 5.11. The minimum Gasteiger partial charge on any atom is -0.354 e. The lowest BCUT2D eigenvalue weighted by atomic mass is 10.0. The van der Waals surface area contributed by atoms with Crippen LogP contribution in [0.4, 0.5) is 5.69 Å². The molecule has 1 aromatic heterocycles. The molecule has 2 atom stereocenters. The molecule has 1 saturated heterocycles. The molecule has 2 aromatic rings. The average Bonchev–Trinajstić information content (AvgIpc) is 3.31. The van der Waals surface area contributed by atoms with E-state index in [1.165, 1.54) is 10.4 Å². The number of benzene rings is 1. The Kier molecular flexibility index (Phi) is 6.52. The van der Waals surface area contributed by atoms with E-state index in [1.807, 2.05) is 37.7 Å². The molecule has 5 nitrogen and oxygen atoms in total. The van der Waals surface area contributed by atoms with Crippen molar-refractivity contribution in [1.29, 1.82) is 0 Å². The van der Waals surface area contributed by atoms with E-state index >= 15 is 0 Å². The van der Waals surface area contributed by atoms with Crippen molar-refractivity contribution < 1.29 is 9.59 Å². The van der Waals surface area contributed by atoms with Gasteiger partial charge in [0.15, 0.2) is 0 Å². The maximum atomic E-state index is 12.7. The summed E-state index contributed by atoms with van der Waals surface area (Å²) in [6, 6.07) is 12.3. The summed E-state index contributed by atoms with van der Waals surface area (Å²) in [5.41, 5.74) is 2.08. The third-order valence-corrected chi connectivity index (χ3v) is 6.28. The van der Waals surface area contributed by atoms with Crippen molar-refractivity contribution in [3.63, 3.8) is 0 Å². The smallest absolute Gasteiger partial charge is 0.227 e. The zero-order chi connectivity index (χ0) is 20.3. The number of rotatable bonds is 7. The number of carbonyl (C=O) groups is 2. The Morgan fingerprint density at radius 3 is 2.71 bits per heavy atom. The minimum atomic E-state index is -0.304. The highest BCUT2D eigenvalue weighted by Gasteiger charge is 2.35. The van der Waals surface area contributed by atoms with E-state index in [9.17, 15) is 9.59 Å². The Morgan fingerprint density at radius 2 is 2.07 bits per heavy atom. The lowest BCUT2D eigenvalue weighted by molar-refractivity contribution is -0.126. The lowest BCUT2D eigenvalue weighted by Crippen LogP contribution is -2.38. The molecule has 0 radical (unpaired) electrons. The molecule has 0 bridgehead atoms. The largest absolute Gasteiger partial charge is 0.354 e. The number of hydrogen-bond acceptors (Lipinski definition) is 4. The Morgan fingerprint density at radius 1 is 1.29 bits per heavy atom. The highest BCUT2D eigenvalue weighted by atomic mass is 32.1. The van der Waals surface area contributed by atoms with Crippen LogP contribution in [0.1, 0.15) is 42.7 Å². The number of likely N-dealkylation sites (N-methyl/N-ethyl adjacent to an activating group) is 1. The van der Waals surface area contributed by atoms with Crippen LogP contribution < -0.4 is 10.2 Å². The second-order valence-corrected chi connectivity index (χ2v) is 8.87. The third kappa shape index (κ3) is 4.62.